The summed E-state index contributed by atoms with van der Waals surface area (Å²) in [5.41, 5.74) is 1.82. The van der Waals surface area contributed by atoms with Crippen molar-refractivity contribution in [3.63, 3.8) is 0 Å². The SMILES string of the molecule is Cc1cccc(Cn2cccc(C(=O)N3CC[C@H](C(=O)O)C3)c2=O)c1. The zero-order valence-electron chi connectivity index (χ0n) is 14.0. The van der Waals surface area contributed by atoms with Gasteiger partial charge in [-0.2, -0.15) is 0 Å². The van der Waals surface area contributed by atoms with Crippen molar-refractivity contribution >= 4 is 11.9 Å². The Morgan fingerprint density at radius 2 is 2.04 bits per heavy atom. The van der Waals surface area contributed by atoms with Crippen molar-refractivity contribution < 1.29 is 14.7 Å². The number of carboxylic acid groups (broad SMARTS) is 1. The molecule has 1 aliphatic rings. The summed E-state index contributed by atoms with van der Waals surface area (Å²) in [5, 5.41) is 9.06. The fourth-order valence-electron chi connectivity index (χ4n) is 3.15. The van der Waals surface area contributed by atoms with E-state index in [4.69, 9.17) is 5.11 Å². The zero-order chi connectivity index (χ0) is 18.0. The first-order valence-corrected chi connectivity index (χ1v) is 8.23. The van der Waals surface area contributed by atoms with Gasteiger partial charge in [0.15, 0.2) is 0 Å². The number of carbonyl (C=O) groups is 2. The summed E-state index contributed by atoms with van der Waals surface area (Å²) in [4.78, 5) is 37.8. The smallest absolute Gasteiger partial charge is 0.308 e. The first-order chi connectivity index (χ1) is 12.0. The lowest BCUT2D eigenvalue weighted by Gasteiger charge is -2.16. The van der Waals surface area contributed by atoms with Crippen LogP contribution in [0.1, 0.15) is 27.9 Å². The van der Waals surface area contributed by atoms with Gasteiger partial charge in [0, 0.05) is 19.3 Å². The van der Waals surface area contributed by atoms with E-state index >= 15 is 0 Å². The maximum atomic E-state index is 12.7. The number of carboxylic acids is 1. The molecule has 0 aliphatic carbocycles. The van der Waals surface area contributed by atoms with Crippen molar-refractivity contribution in [1.29, 1.82) is 0 Å². The van der Waals surface area contributed by atoms with Crippen molar-refractivity contribution in [2.45, 2.75) is 19.9 Å². The van der Waals surface area contributed by atoms with Crippen LogP contribution in [0.3, 0.4) is 0 Å². The van der Waals surface area contributed by atoms with Crippen LogP contribution in [0.5, 0.6) is 0 Å². The van der Waals surface area contributed by atoms with Crippen molar-refractivity contribution in [3.8, 4) is 0 Å². The largest absolute Gasteiger partial charge is 0.481 e. The lowest BCUT2D eigenvalue weighted by molar-refractivity contribution is -0.141. The quantitative estimate of drug-likeness (QED) is 0.920. The van der Waals surface area contributed by atoms with Gasteiger partial charge in [-0.25, -0.2) is 0 Å². The second-order valence-electron chi connectivity index (χ2n) is 6.42. The third-order valence-corrected chi connectivity index (χ3v) is 4.51. The molecule has 25 heavy (non-hydrogen) atoms. The van der Waals surface area contributed by atoms with E-state index in [2.05, 4.69) is 0 Å². The van der Waals surface area contributed by atoms with Crippen LogP contribution in [0.2, 0.25) is 0 Å². The molecule has 1 aromatic carbocycles. The molecular weight excluding hydrogens is 320 g/mol. The number of aryl methyl sites for hydroxylation is 1. The molecule has 6 heteroatoms. The molecule has 130 valence electrons. The molecule has 1 aromatic heterocycles. The highest BCUT2D eigenvalue weighted by Gasteiger charge is 2.32. The van der Waals surface area contributed by atoms with E-state index in [1.54, 1.807) is 12.3 Å². The van der Waals surface area contributed by atoms with Crippen molar-refractivity contribution in [2.75, 3.05) is 13.1 Å². The van der Waals surface area contributed by atoms with Gasteiger partial charge < -0.3 is 14.6 Å². The van der Waals surface area contributed by atoms with Gasteiger partial charge in [0.25, 0.3) is 11.5 Å². The van der Waals surface area contributed by atoms with Gasteiger partial charge in [0.1, 0.15) is 5.56 Å². The molecule has 6 nitrogen and oxygen atoms in total. The number of aliphatic carboxylic acids is 1. The molecule has 1 saturated heterocycles. The molecule has 1 fully saturated rings. The molecule has 0 saturated carbocycles. The second kappa shape index (κ2) is 6.93. The molecule has 1 amide bonds. The Bertz CT molecular complexity index is 872. The van der Waals surface area contributed by atoms with Gasteiger partial charge in [-0.15, -0.1) is 0 Å². The molecule has 0 unspecified atom stereocenters. The summed E-state index contributed by atoms with van der Waals surface area (Å²) in [7, 11) is 0. The van der Waals surface area contributed by atoms with E-state index in [1.165, 1.54) is 15.5 Å². The van der Waals surface area contributed by atoms with E-state index in [0.29, 0.717) is 19.5 Å². The number of benzene rings is 1. The molecule has 1 aliphatic heterocycles. The van der Waals surface area contributed by atoms with Gasteiger partial charge in [-0.3, -0.25) is 14.4 Å². The zero-order valence-corrected chi connectivity index (χ0v) is 14.0. The van der Waals surface area contributed by atoms with Crippen LogP contribution < -0.4 is 5.56 Å². The highest BCUT2D eigenvalue weighted by molar-refractivity contribution is 5.94. The van der Waals surface area contributed by atoms with Crippen LogP contribution in [0, 0.1) is 12.8 Å². The van der Waals surface area contributed by atoms with Crippen LogP contribution in [0.25, 0.3) is 0 Å². The first kappa shape index (κ1) is 17.0. The number of rotatable bonds is 4. The third-order valence-electron chi connectivity index (χ3n) is 4.51. The predicted molar refractivity (Wildman–Crippen MR) is 92.6 cm³/mol. The Morgan fingerprint density at radius 1 is 1.24 bits per heavy atom. The molecule has 0 radical (unpaired) electrons. The van der Waals surface area contributed by atoms with E-state index in [0.717, 1.165) is 11.1 Å². The fourth-order valence-corrected chi connectivity index (χ4v) is 3.15. The Labute approximate surface area is 145 Å². The van der Waals surface area contributed by atoms with Crippen molar-refractivity contribution in [3.05, 3.63) is 69.6 Å². The third kappa shape index (κ3) is 3.63. The lowest BCUT2D eigenvalue weighted by atomic mass is 10.1. The number of hydrogen-bond acceptors (Lipinski definition) is 3. The molecule has 3 rings (SSSR count). The molecular formula is C19H20N2O4. The van der Waals surface area contributed by atoms with Crippen LogP contribution in [-0.2, 0) is 11.3 Å². The summed E-state index contributed by atoms with van der Waals surface area (Å²) in [6.07, 6.45) is 2.08. The summed E-state index contributed by atoms with van der Waals surface area (Å²) in [6, 6.07) is 11.0. The Balaban J connectivity index is 1.83. The highest BCUT2D eigenvalue weighted by atomic mass is 16.4. The number of carbonyl (C=O) groups excluding carboxylic acids is 1. The van der Waals surface area contributed by atoms with Gasteiger partial charge in [0.2, 0.25) is 0 Å². The van der Waals surface area contributed by atoms with E-state index in [1.807, 2.05) is 31.2 Å². The fraction of sp³-hybridized carbons (Fsp3) is 0.316. The number of pyridine rings is 1. The molecule has 1 N–H and O–H groups in total. The summed E-state index contributed by atoms with van der Waals surface area (Å²) in [6.45, 7) is 2.89. The topological polar surface area (TPSA) is 79.6 Å². The first-order valence-electron chi connectivity index (χ1n) is 8.23. The van der Waals surface area contributed by atoms with Gasteiger partial charge >= 0.3 is 5.97 Å². The summed E-state index contributed by atoms with van der Waals surface area (Å²) in [5.74, 6) is -1.85. The number of nitrogens with zero attached hydrogens (tertiary/aromatic N) is 2. The van der Waals surface area contributed by atoms with Gasteiger partial charge in [-0.1, -0.05) is 29.8 Å². The number of amides is 1. The Hall–Kier alpha value is -2.89. The lowest BCUT2D eigenvalue weighted by Crippen LogP contribution is -2.35. The monoisotopic (exact) mass is 340 g/mol. The molecule has 2 heterocycles. The predicted octanol–water partition coefficient (Wildman–Crippen LogP) is 1.75. The number of aromatic nitrogens is 1. The Kier molecular flexibility index (Phi) is 4.70. The standard InChI is InChI=1S/C19H20N2O4/c1-13-4-2-5-14(10-13)11-20-8-3-6-16(17(20)22)18(23)21-9-7-15(12-21)19(24)25/h2-6,8,10,15H,7,9,11-12H2,1H3,(H,24,25)/t15-/m0/s1. The minimum atomic E-state index is -0.903. The van der Waals surface area contributed by atoms with Crippen LogP contribution >= 0.6 is 0 Å². The van der Waals surface area contributed by atoms with Crippen molar-refractivity contribution in [1.82, 2.24) is 9.47 Å². The summed E-state index contributed by atoms with van der Waals surface area (Å²) >= 11 is 0. The molecule has 2 aromatic rings. The second-order valence-corrected chi connectivity index (χ2v) is 6.42. The number of likely N-dealkylation sites (tertiary alicyclic amines) is 1. The highest BCUT2D eigenvalue weighted by Crippen LogP contribution is 2.18. The van der Waals surface area contributed by atoms with E-state index in [9.17, 15) is 14.4 Å². The molecule has 0 bridgehead atoms. The van der Waals surface area contributed by atoms with Gasteiger partial charge in [0.05, 0.1) is 12.5 Å². The average Bonchev–Trinajstić information content (AvgIpc) is 3.07. The van der Waals surface area contributed by atoms with E-state index < -0.39 is 17.8 Å². The summed E-state index contributed by atoms with van der Waals surface area (Å²) < 4.78 is 1.51. The van der Waals surface area contributed by atoms with Gasteiger partial charge in [-0.05, 0) is 31.0 Å². The minimum Gasteiger partial charge on any atom is -0.481 e. The normalized spacial score (nSPS) is 16.8. The average molecular weight is 340 g/mol. The van der Waals surface area contributed by atoms with Crippen LogP contribution in [0.4, 0.5) is 0 Å². The van der Waals surface area contributed by atoms with Crippen LogP contribution in [-0.4, -0.2) is 39.5 Å². The van der Waals surface area contributed by atoms with Crippen LogP contribution in [0.15, 0.2) is 47.4 Å². The minimum absolute atomic E-state index is 0.0844. The Morgan fingerprint density at radius 3 is 2.72 bits per heavy atom. The van der Waals surface area contributed by atoms with E-state index in [-0.39, 0.29) is 17.7 Å². The molecule has 1 atom stereocenters. The maximum Gasteiger partial charge on any atom is 0.308 e. The maximum absolute atomic E-state index is 12.7. The molecule has 0 spiro atoms. The van der Waals surface area contributed by atoms with Crippen molar-refractivity contribution in [2.24, 2.45) is 5.92 Å². The number of hydrogen-bond donors (Lipinski definition) is 1.